The number of ether oxygens (including phenoxy) is 1. The van der Waals surface area contributed by atoms with E-state index in [0.717, 1.165) is 0 Å². The number of imide groups is 1. The molecule has 1 saturated heterocycles. The van der Waals surface area contributed by atoms with Crippen LogP contribution in [-0.4, -0.2) is 36.3 Å². The maximum Gasteiger partial charge on any atom is 0.329 e. The second-order valence-corrected chi connectivity index (χ2v) is 4.46. The molecule has 1 aliphatic heterocycles. The number of hydrogen-bond donors (Lipinski definition) is 3. The van der Waals surface area contributed by atoms with E-state index in [9.17, 15) is 14.7 Å². The molecule has 0 saturated carbocycles. The van der Waals surface area contributed by atoms with Gasteiger partial charge in [-0.05, 0) is 19.1 Å². The molecule has 0 aromatic heterocycles. The number of aliphatic hydroxyl groups excluding tert-OH is 1. The van der Waals surface area contributed by atoms with Crippen molar-refractivity contribution in [2.24, 2.45) is 0 Å². The second kappa shape index (κ2) is 4.43. The Morgan fingerprint density at radius 2 is 2.16 bits per heavy atom. The highest BCUT2D eigenvalue weighted by Gasteiger charge is 2.50. The van der Waals surface area contributed by atoms with Gasteiger partial charge < -0.3 is 15.6 Å². The van der Waals surface area contributed by atoms with E-state index in [1.807, 2.05) is 0 Å². The van der Waals surface area contributed by atoms with Crippen LogP contribution in [0.25, 0.3) is 0 Å². The summed E-state index contributed by atoms with van der Waals surface area (Å²) >= 11 is 0. The SMILES string of the molecule is COc1cc(N)ccc1N1C(=O)NC(=O)C1(C)CO. The lowest BCUT2D eigenvalue weighted by atomic mass is 10.0. The predicted molar refractivity (Wildman–Crippen MR) is 68.9 cm³/mol. The molecule has 1 fully saturated rings. The molecule has 0 bridgehead atoms. The molecule has 0 spiro atoms. The van der Waals surface area contributed by atoms with E-state index in [1.54, 1.807) is 18.2 Å². The van der Waals surface area contributed by atoms with Gasteiger partial charge >= 0.3 is 6.03 Å². The number of amides is 3. The molecule has 0 radical (unpaired) electrons. The fourth-order valence-electron chi connectivity index (χ4n) is 2.01. The van der Waals surface area contributed by atoms with Crippen LogP contribution >= 0.6 is 0 Å². The molecule has 7 heteroatoms. The molecule has 4 N–H and O–H groups in total. The van der Waals surface area contributed by atoms with Gasteiger partial charge in [-0.15, -0.1) is 0 Å². The van der Waals surface area contributed by atoms with E-state index in [4.69, 9.17) is 10.5 Å². The molecule has 1 aromatic carbocycles. The highest BCUT2D eigenvalue weighted by atomic mass is 16.5. The van der Waals surface area contributed by atoms with Crippen molar-refractivity contribution < 1.29 is 19.4 Å². The number of urea groups is 1. The van der Waals surface area contributed by atoms with Crippen LogP contribution in [-0.2, 0) is 4.79 Å². The van der Waals surface area contributed by atoms with E-state index >= 15 is 0 Å². The van der Waals surface area contributed by atoms with Crippen LogP contribution in [0.1, 0.15) is 6.92 Å². The van der Waals surface area contributed by atoms with E-state index in [0.29, 0.717) is 17.1 Å². The predicted octanol–water partition coefficient (Wildman–Crippen LogP) is 0.0846. The minimum absolute atomic E-state index is 0.351. The first-order valence-corrected chi connectivity index (χ1v) is 5.64. The highest BCUT2D eigenvalue weighted by molar-refractivity contribution is 6.17. The summed E-state index contributed by atoms with van der Waals surface area (Å²) in [7, 11) is 1.43. The van der Waals surface area contributed by atoms with Gasteiger partial charge in [0, 0.05) is 11.8 Å². The van der Waals surface area contributed by atoms with Crippen molar-refractivity contribution in [2.45, 2.75) is 12.5 Å². The number of nitrogens with two attached hydrogens (primary N) is 1. The summed E-state index contributed by atoms with van der Waals surface area (Å²) in [6.07, 6.45) is 0. The molecule has 1 unspecified atom stereocenters. The minimum atomic E-state index is -1.36. The van der Waals surface area contributed by atoms with Gasteiger partial charge in [-0.3, -0.25) is 15.0 Å². The molecule has 1 atom stereocenters. The standard InChI is InChI=1S/C12H15N3O4/c1-12(6-16)10(17)14-11(18)15(12)8-4-3-7(13)5-9(8)19-2/h3-5,16H,6,13H2,1-2H3,(H,14,17,18). The molecule has 0 aliphatic carbocycles. The van der Waals surface area contributed by atoms with E-state index < -0.39 is 24.1 Å². The third-order valence-electron chi connectivity index (χ3n) is 3.16. The molecule has 19 heavy (non-hydrogen) atoms. The average molecular weight is 265 g/mol. The van der Waals surface area contributed by atoms with Crippen LogP contribution in [0.15, 0.2) is 18.2 Å². The first kappa shape index (κ1) is 13.2. The quantitative estimate of drug-likeness (QED) is 0.530. The Morgan fingerprint density at radius 1 is 1.47 bits per heavy atom. The maximum absolute atomic E-state index is 11.9. The Labute approximate surface area is 109 Å². The number of nitrogen functional groups attached to an aromatic ring is 1. The van der Waals surface area contributed by atoms with Crippen LogP contribution < -0.4 is 20.7 Å². The highest BCUT2D eigenvalue weighted by Crippen LogP contribution is 2.36. The van der Waals surface area contributed by atoms with Crippen molar-refractivity contribution in [1.29, 1.82) is 0 Å². The van der Waals surface area contributed by atoms with Gasteiger partial charge in [-0.2, -0.15) is 0 Å². The topological polar surface area (TPSA) is 105 Å². The lowest BCUT2D eigenvalue weighted by molar-refractivity contribution is -0.124. The molecule has 1 aliphatic rings. The Kier molecular flexibility index (Phi) is 3.07. The summed E-state index contributed by atoms with van der Waals surface area (Å²) in [5.74, 6) is -0.205. The van der Waals surface area contributed by atoms with Gasteiger partial charge in [0.25, 0.3) is 5.91 Å². The summed E-state index contributed by atoms with van der Waals surface area (Å²) in [5, 5.41) is 11.6. The molecular weight excluding hydrogens is 250 g/mol. The van der Waals surface area contributed by atoms with Crippen LogP contribution in [0, 0.1) is 0 Å². The Balaban J connectivity index is 2.56. The summed E-state index contributed by atoms with van der Waals surface area (Å²) in [5.41, 5.74) is 5.13. The van der Waals surface area contributed by atoms with Crippen LogP contribution in [0.3, 0.4) is 0 Å². The van der Waals surface area contributed by atoms with Crippen LogP contribution in [0.2, 0.25) is 0 Å². The van der Waals surface area contributed by atoms with Gasteiger partial charge in [0.2, 0.25) is 0 Å². The number of aliphatic hydroxyl groups is 1. The van der Waals surface area contributed by atoms with Gasteiger partial charge in [0.15, 0.2) is 0 Å². The number of nitrogens with zero attached hydrogens (tertiary/aromatic N) is 1. The van der Waals surface area contributed by atoms with Crippen molar-refractivity contribution >= 4 is 23.3 Å². The summed E-state index contributed by atoms with van der Waals surface area (Å²) in [6.45, 7) is 0.973. The Hall–Kier alpha value is -2.28. The third kappa shape index (κ3) is 1.88. The van der Waals surface area contributed by atoms with Crippen molar-refractivity contribution in [3.05, 3.63) is 18.2 Å². The number of anilines is 2. The normalized spacial score (nSPS) is 22.6. The lowest BCUT2D eigenvalue weighted by Gasteiger charge is -2.30. The molecule has 2 rings (SSSR count). The average Bonchev–Trinajstić information content (AvgIpc) is 2.61. The fraction of sp³-hybridized carbons (Fsp3) is 0.333. The number of carbonyl (C=O) groups excluding carboxylic acids is 2. The minimum Gasteiger partial charge on any atom is -0.494 e. The van der Waals surface area contributed by atoms with Crippen LogP contribution in [0.5, 0.6) is 5.75 Å². The summed E-state index contributed by atoms with van der Waals surface area (Å²) in [4.78, 5) is 24.9. The second-order valence-electron chi connectivity index (χ2n) is 4.46. The zero-order valence-corrected chi connectivity index (χ0v) is 10.6. The molecule has 1 aromatic rings. The smallest absolute Gasteiger partial charge is 0.329 e. The largest absolute Gasteiger partial charge is 0.494 e. The van der Waals surface area contributed by atoms with Crippen molar-refractivity contribution in [3.8, 4) is 5.75 Å². The number of rotatable bonds is 3. The van der Waals surface area contributed by atoms with Crippen molar-refractivity contribution in [3.63, 3.8) is 0 Å². The van der Waals surface area contributed by atoms with Gasteiger partial charge in [-0.25, -0.2) is 4.79 Å². The lowest BCUT2D eigenvalue weighted by Crippen LogP contribution is -2.50. The molecule has 3 amide bonds. The van der Waals surface area contributed by atoms with E-state index in [1.165, 1.54) is 18.9 Å². The number of benzene rings is 1. The number of methoxy groups -OCH3 is 1. The summed E-state index contributed by atoms with van der Waals surface area (Å²) < 4.78 is 5.17. The monoisotopic (exact) mass is 265 g/mol. The maximum atomic E-state index is 11.9. The van der Waals surface area contributed by atoms with Gasteiger partial charge in [-0.1, -0.05) is 0 Å². The first-order chi connectivity index (χ1) is 8.93. The zero-order chi connectivity index (χ0) is 14.2. The van der Waals surface area contributed by atoms with E-state index in [-0.39, 0.29) is 0 Å². The van der Waals surface area contributed by atoms with Crippen LogP contribution in [0.4, 0.5) is 16.2 Å². The Bertz CT molecular complexity index is 546. The van der Waals surface area contributed by atoms with Gasteiger partial charge in [0.05, 0.1) is 19.4 Å². The van der Waals surface area contributed by atoms with Crippen molar-refractivity contribution in [1.82, 2.24) is 5.32 Å². The fourth-order valence-corrected chi connectivity index (χ4v) is 2.01. The number of nitrogens with one attached hydrogen (secondary N) is 1. The zero-order valence-electron chi connectivity index (χ0n) is 10.6. The first-order valence-electron chi connectivity index (χ1n) is 5.64. The van der Waals surface area contributed by atoms with Gasteiger partial charge in [0.1, 0.15) is 11.3 Å². The summed E-state index contributed by atoms with van der Waals surface area (Å²) in [6, 6.07) is 4.10. The van der Waals surface area contributed by atoms with E-state index in [2.05, 4.69) is 5.32 Å². The Morgan fingerprint density at radius 3 is 2.74 bits per heavy atom. The molecule has 7 nitrogen and oxygen atoms in total. The molecular formula is C12H15N3O4. The van der Waals surface area contributed by atoms with Crippen molar-refractivity contribution in [2.75, 3.05) is 24.4 Å². The number of hydrogen-bond acceptors (Lipinski definition) is 5. The molecule has 102 valence electrons. The third-order valence-corrected chi connectivity index (χ3v) is 3.16. The number of carbonyl (C=O) groups is 2. The molecule has 1 heterocycles.